The number of rotatable bonds is 5. The fourth-order valence-corrected chi connectivity index (χ4v) is 4.54. The van der Waals surface area contributed by atoms with Gasteiger partial charge in [0, 0.05) is 59.3 Å². The second kappa shape index (κ2) is 12.5. The first kappa shape index (κ1) is 24.9. The average Bonchev–Trinajstić information content (AvgIpc) is 2.74. The number of hydrogen-bond acceptors (Lipinski definition) is 3. The molecular formula is C23H38IN5O. The second-order valence-corrected chi connectivity index (χ2v) is 8.31. The van der Waals surface area contributed by atoms with Gasteiger partial charge in [0.1, 0.15) is 0 Å². The van der Waals surface area contributed by atoms with Crippen LogP contribution in [0.3, 0.4) is 0 Å². The van der Waals surface area contributed by atoms with Crippen LogP contribution in [0.1, 0.15) is 38.7 Å². The van der Waals surface area contributed by atoms with Crippen molar-refractivity contribution in [3.63, 3.8) is 0 Å². The molecular weight excluding hydrogens is 489 g/mol. The van der Waals surface area contributed by atoms with Gasteiger partial charge in [-0.25, -0.2) is 0 Å². The minimum atomic E-state index is 0. The Bertz CT molecular complexity index is 675. The summed E-state index contributed by atoms with van der Waals surface area (Å²) in [5, 5.41) is 3.49. The third kappa shape index (κ3) is 6.83. The fraction of sp³-hybridized carbons (Fsp3) is 0.652. The van der Waals surface area contributed by atoms with Crippen LogP contribution in [0.4, 0.5) is 0 Å². The van der Waals surface area contributed by atoms with Crippen molar-refractivity contribution in [3.05, 3.63) is 35.9 Å². The maximum Gasteiger partial charge on any atom is 0.219 e. The van der Waals surface area contributed by atoms with Crippen LogP contribution < -0.4 is 5.32 Å². The molecule has 2 unspecified atom stereocenters. The molecule has 2 saturated heterocycles. The molecule has 3 rings (SSSR count). The molecule has 2 heterocycles. The third-order valence-corrected chi connectivity index (χ3v) is 6.26. The standard InChI is InChI=1S/C23H37N5O.HI/c1-4-24-23(25-11-13-26-14-16-27(17-15-26)20(3)29)28-12-10-22(19(2)18-28)21-8-6-5-7-9-21;/h5-9,19,22H,4,10-18H2,1-3H3,(H,24,25);1H. The van der Waals surface area contributed by atoms with Gasteiger partial charge >= 0.3 is 0 Å². The molecule has 0 spiro atoms. The molecule has 0 radical (unpaired) electrons. The lowest BCUT2D eigenvalue weighted by molar-refractivity contribution is -0.130. The molecule has 7 heteroatoms. The maximum atomic E-state index is 11.5. The lowest BCUT2D eigenvalue weighted by atomic mass is 9.82. The quantitative estimate of drug-likeness (QED) is 0.364. The number of piperidine rings is 1. The van der Waals surface area contributed by atoms with Crippen molar-refractivity contribution >= 4 is 35.8 Å². The number of halogens is 1. The molecule has 1 N–H and O–H groups in total. The zero-order chi connectivity index (χ0) is 20.6. The van der Waals surface area contributed by atoms with Crippen LogP contribution in [-0.2, 0) is 4.79 Å². The van der Waals surface area contributed by atoms with E-state index in [0.717, 1.165) is 64.9 Å². The number of likely N-dealkylation sites (tertiary alicyclic amines) is 1. The molecule has 2 aliphatic rings. The molecule has 2 aliphatic heterocycles. The van der Waals surface area contributed by atoms with Gasteiger partial charge in [-0.1, -0.05) is 37.3 Å². The number of guanidine groups is 1. The van der Waals surface area contributed by atoms with Gasteiger partial charge < -0.3 is 15.1 Å². The minimum absolute atomic E-state index is 0. The van der Waals surface area contributed by atoms with Crippen molar-refractivity contribution in [2.45, 2.75) is 33.1 Å². The molecule has 2 atom stereocenters. The topological polar surface area (TPSA) is 51.2 Å². The van der Waals surface area contributed by atoms with Gasteiger partial charge in [0.05, 0.1) is 6.54 Å². The van der Waals surface area contributed by atoms with E-state index in [0.29, 0.717) is 11.8 Å². The summed E-state index contributed by atoms with van der Waals surface area (Å²) >= 11 is 0. The Kier molecular flexibility index (Phi) is 10.4. The van der Waals surface area contributed by atoms with Gasteiger partial charge in [-0.3, -0.25) is 14.7 Å². The van der Waals surface area contributed by atoms with Gasteiger partial charge in [0.2, 0.25) is 5.91 Å². The molecule has 1 amide bonds. The highest BCUT2D eigenvalue weighted by atomic mass is 127. The summed E-state index contributed by atoms with van der Waals surface area (Å²) < 4.78 is 0. The van der Waals surface area contributed by atoms with Crippen LogP contribution >= 0.6 is 24.0 Å². The van der Waals surface area contributed by atoms with Crippen molar-refractivity contribution in [1.82, 2.24) is 20.0 Å². The summed E-state index contributed by atoms with van der Waals surface area (Å²) in [5.74, 6) is 2.47. The van der Waals surface area contributed by atoms with Gasteiger partial charge in [-0.2, -0.15) is 0 Å². The summed E-state index contributed by atoms with van der Waals surface area (Å²) in [7, 11) is 0. The molecule has 1 aromatic carbocycles. The molecule has 1 aromatic rings. The number of carbonyl (C=O) groups is 1. The van der Waals surface area contributed by atoms with Crippen molar-refractivity contribution in [1.29, 1.82) is 0 Å². The van der Waals surface area contributed by atoms with Crippen LogP contribution in [0.5, 0.6) is 0 Å². The monoisotopic (exact) mass is 527 g/mol. The van der Waals surface area contributed by atoms with Crippen LogP contribution in [0, 0.1) is 5.92 Å². The number of benzene rings is 1. The summed E-state index contributed by atoms with van der Waals surface area (Å²) in [6, 6.07) is 10.9. The lowest BCUT2D eigenvalue weighted by Gasteiger charge is -2.39. The van der Waals surface area contributed by atoms with Gasteiger partial charge in [0.25, 0.3) is 0 Å². The fourth-order valence-electron chi connectivity index (χ4n) is 4.54. The highest BCUT2D eigenvalue weighted by Crippen LogP contribution is 2.32. The van der Waals surface area contributed by atoms with Crippen LogP contribution in [-0.4, -0.2) is 85.5 Å². The van der Waals surface area contributed by atoms with E-state index in [-0.39, 0.29) is 29.9 Å². The third-order valence-electron chi connectivity index (χ3n) is 6.26. The highest BCUT2D eigenvalue weighted by Gasteiger charge is 2.28. The van der Waals surface area contributed by atoms with E-state index in [9.17, 15) is 4.79 Å². The normalized spacial score (nSPS) is 23.1. The Morgan fingerprint density at radius 3 is 2.40 bits per heavy atom. The molecule has 0 aromatic heterocycles. The van der Waals surface area contributed by atoms with E-state index >= 15 is 0 Å². The smallest absolute Gasteiger partial charge is 0.219 e. The summed E-state index contributed by atoms with van der Waals surface area (Å²) in [6.07, 6.45) is 1.17. The number of nitrogens with one attached hydrogen (secondary N) is 1. The number of piperazine rings is 1. The van der Waals surface area contributed by atoms with Crippen molar-refractivity contribution in [2.24, 2.45) is 10.9 Å². The maximum absolute atomic E-state index is 11.5. The first-order chi connectivity index (χ1) is 14.1. The zero-order valence-electron chi connectivity index (χ0n) is 18.7. The van der Waals surface area contributed by atoms with E-state index in [4.69, 9.17) is 4.99 Å². The first-order valence-corrected chi connectivity index (χ1v) is 11.1. The highest BCUT2D eigenvalue weighted by molar-refractivity contribution is 14.0. The Labute approximate surface area is 199 Å². The molecule has 2 fully saturated rings. The first-order valence-electron chi connectivity index (χ1n) is 11.1. The minimum Gasteiger partial charge on any atom is -0.357 e. The van der Waals surface area contributed by atoms with Gasteiger partial charge in [-0.05, 0) is 30.7 Å². The number of amides is 1. The Morgan fingerprint density at radius 1 is 1.10 bits per heavy atom. The molecule has 0 aliphatic carbocycles. The van der Waals surface area contributed by atoms with Crippen molar-refractivity contribution in [3.8, 4) is 0 Å². The van der Waals surface area contributed by atoms with Crippen LogP contribution in [0.25, 0.3) is 0 Å². The lowest BCUT2D eigenvalue weighted by Crippen LogP contribution is -2.49. The summed E-state index contributed by atoms with van der Waals surface area (Å²) in [5.41, 5.74) is 1.46. The largest absolute Gasteiger partial charge is 0.357 e. The van der Waals surface area contributed by atoms with Crippen LogP contribution in [0.15, 0.2) is 35.3 Å². The second-order valence-electron chi connectivity index (χ2n) is 8.31. The number of nitrogens with zero attached hydrogens (tertiary/aromatic N) is 4. The van der Waals surface area contributed by atoms with E-state index in [2.05, 4.69) is 59.3 Å². The zero-order valence-corrected chi connectivity index (χ0v) is 21.0. The Balaban J connectivity index is 0.00000320. The van der Waals surface area contributed by atoms with Gasteiger partial charge in [-0.15, -0.1) is 24.0 Å². The SMILES string of the molecule is CCNC(=NCCN1CCN(C(C)=O)CC1)N1CCC(c2ccccc2)C(C)C1.I. The summed E-state index contributed by atoms with van der Waals surface area (Å²) in [6.45, 7) is 14.5. The van der Waals surface area contributed by atoms with Crippen molar-refractivity contribution < 1.29 is 4.79 Å². The molecule has 6 nitrogen and oxygen atoms in total. The van der Waals surface area contributed by atoms with E-state index in [1.165, 1.54) is 12.0 Å². The Hall–Kier alpha value is -1.35. The Morgan fingerprint density at radius 2 is 1.80 bits per heavy atom. The molecule has 0 bridgehead atoms. The molecule has 30 heavy (non-hydrogen) atoms. The van der Waals surface area contributed by atoms with E-state index in [1.54, 1.807) is 6.92 Å². The van der Waals surface area contributed by atoms with Crippen molar-refractivity contribution in [2.75, 3.05) is 58.9 Å². The number of aliphatic imine (C=N–C) groups is 1. The van der Waals surface area contributed by atoms with Gasteiger partial charge in [0.15, 0.2) is 5.96 Å². The number of carbonyl (C=O) groups excluding carboxylic acids is 1. The van der Waals surface area contributed by atoms with E-state index < -0.39 is 0 Å². The predicted octanol–water partition coefficient (Wildman–Crippen LogP) is 2.86. The van der Waals surface area contributed by atoms with Crippen LogP contribution in [0.2, 0.25) is 0 Å². The number of hydrogen-bond donors (Lipinski definition) is 1. The average molecular weight is 527 g/mol. The molecule has 0 saturated carbocycles. The molecule has 168 valence electrons. The van der Waals surface area contributed by atoms with E-state index in [1.807, 2.05) is 4.90 Å². The summed E-state index contributed by atoms with van der Waals surface area (Å²) in [4.78, 5) is 23.2. The predicted molar refractivity (Wildman–Crippen MR) is 135 cm³/mol.